The van der Waals surface area contributed by atoms with Crippen LogP contribution in [0.25, 0.3) is 6.08 Å². The summed E-state index contributed by atoms with van der Waals surface area (Å²) in [4.78, 5) is 22.7. The zero-order valence-corrected chi connectivity index (χ0v) is 12.4. The summed E-state index contributed by atoms with van der Waals surface area (Å²) in [6.07, 6.45) is 1.35. The summed E-state index contributed by atoms with van der Waals surface area (Å²) in [7, 11) is 1.58. The fraction of sp³-hybridized carbons (Fsp3) is 0.0667. The van der Waals surface area contributed by atoms with E-state index in [1.54, 1.807) is 29.9 Å². The van der Waals surface area contributed by atoms with E-state index < -0.39 is 10.7 Å². The van der Waals surface area contributed by atoms with Gasteiger partial charge in [-0.05, 0) is 29.2 Å². The molecule has 0 bridgehead atoms. The number of hydrogen-bond donors (Lipinski definition) is 1. The summed E-state index contributed by atoms with van der Waals surface area (Å²) < 4.78 is 0. The number of nitrogens with zero attached hydrogens (tertiary/aromatic N) is 2. The van der Waals surface area contributed by atoms with Gasteiger partial charge in [0.2, 0.25) is 5.78 Å². The average Bonchev–Trinajstić information content (AvgIpc) is 3.06. The fourth-order valence-electron chi connectivity index (χ4n) is 1.87. The van der Waals surface area contributed by atoms with E-state index in [0.29, 0.717) is 16.8 Å². The quantitative estimate of drug-likeness (QED) is 0.300. The summed E-state index contributed by atoms with van der Waals surface area (Å²) in [5, 5.41) is 26.3. The second kappa shape index (κ2) is 6.65. The van der Waals surface area contributed by atoms with E-state index in [1.165, 1.54) is 29.5 Å². The number of nitro benzene ring substituents is 1. The average molecular weight is 313 g/mol. The Morgan fingerprint density at radius 1 is 1.45 bits per heavy atom. The largest absolute Gasteiger partial charge is 0.383 e. The number of hydrogen-bond acceptors (Lipinski definition) is 6. The molecule has 0 fully saturated rings. The summed E-state index contributed by atoms with van der Waals surface area (Å²) in [6, 6.07) is 7.94. The molecule has 0 atom stereocenters. The molecule has 22 heavy (non-hydrogen) atoms. The molecular formula is C15H11N3O3S. The van der Waals surface area contributed by atoms with Crippen molar-refractivity contribution in [2.45, 2.75) is 0 Å². The molecule has 0 radical (unpaired) electrons. The zero-order valence-electron chi connectivity index (χ0n) is 11.6. The first-order chi connectivity index (χ1) is 10.6. The molecule has 0 spiro atoms. The van der Waals surface area contributed by atoms with Crippen LogP contribution in [0.1, 0.15) is 15.9 Å². The number of rotatable bonds is 5. The number of ketones is 1. The first kappa shape index (κ1) is 15.4. The number of Topliss-reactive ketones (excluding diaryl/α,β-unsaturated/α-hetero) is 1. The number of anilines is 1. The third kappa shape index (κ3) is 3.19. The molecule has 1 N–H and O–H groups in total. The van der Waals surface area contributed by atoms with E-state index >= 15 is 0 Å². The number of benzene rings is 1. The van der Waals surface area contributed by atoms with Crippen molar-refractivity contribution in [3.05, 3.63) is 61.8 Å². The molecule has 0 amide bonds. The van der Waals surface area contributed by atoms with Gasteiger partial charge in [-0.2, -0.15) is 16.6 Å². The van der Waals surface area contributed by atoms with Gasteiger partial charge in [-0.1, -0.05) is 6.07 Å². The van der Waals surface area contributed by atoms with Crippen LogP contribution in [0.3, 0.4) is 0 Å². The van der Waals surface area contributed by atoms with Crippen LogP contribution in [0.15, 0.2) is 40.6 Å². The van der Waals surface area contributed by atoms with Crippen LogP contribution in [0.4, 0.5) is 11.4 Å². The molecule has 1 aromatic heterocycles. The second-order valence-corrected chi connectivity index (χ2v) is 5.07. The number of thiophene rings is 1. The summed E-state index contributed by atoms with van der Waals surface area (Å²) >= 11 is 1.36. The topological polar surface area (TPSA) is 96.0 Å². The Kier molecular flexibility index (Phi) is 4.66. The lowest BCUT2D eigenvalue weighted by molar-refractivity contribution is -0.383. The minimum absolute atomic E-state index is 0.0649. The van der Waals surface area contributed by atoms with Gasteiger partial charge in [-0.3, -0.25) is 14.9 Å². The lowest BCUT2D eigenvalue weighted by atomic mass is 10.0. The van der Waals surface area contributed by atoms with E-state index in [2.05, 4.69) is 5.32 Å². The van der Waals surface area contributed by atoms with E-state index in [0.717, 1.165) is 0 Å². The Bertz CT molecular complexity index is 789. The van der Waals surface area contributed by atoms with Crippen molar-refractivity contribution in [1.29, 1.82) is 5.26 Å². The Morgan fingerprint density at radius 3 is 2.77 bits per heavy atom. The van der Waals surface area contributed by atoms with Crippen LogP contribution >= 0.6 is 11.3 Å². The molecule has 0 saturated carbocycles. The monoisotopic (exact) mass is 313 g/mol. The molecule has 0 aliphatic carbocycles. The molecular weight excluding hydrogens is 302 g/mol. The van der Waals surface area contributed by atoms with E-state index in [1.807, 2.05) is 6.07 Å². The first-order valence-electron chi connectivity index (χ1n) is 6.21. The summed E-state index contributed by atoms with van der Waals surface area (Å²) in [5.41, 5.74) is 1.04. The highest BCUT2D eigenvalue weighted by molar-refractivity contribution is 7.08. The van der Waals surface area contributed by atoms with Crippen molar-refractivity contribution in [2.75, 3.05) is 12.4 Å². The Hall–Kier alpha value is -2.98. The highest BCUT2D eigenvalue weighted by Crippen LogP contribution is 2.26. The van der Waals surface area contributed by atoms with Crippen molar-refractivity contribution in [3.63, 3.8) is 0 Å². The maximum atomic E-state index is 12.2. The smallest absolute Gasteiger partial charge is 0.292 e. The summed E-state index contributed by atoms with van der Waals surface area (Å²) in [6.45, 7) is 0. The van der Waals surface area contributed by atoms with Crippen molar-refractivity contribution in [1.82, 2.24) is 0 Å². The lowest BCUT2D eigenvalue weighted by Crippen LogP contribution is -2.00. The van der Waals surface area contributed by atoms with Crippen LogP contribution in [0, 0.1) is 21.4 Å². The Morgan fingerprint density at radius 2 is 2.23 bits per heavy atom. The van der Waals surface area contributed by atoms with Gasteiger partial charge in [0.05, 0.1) is 4.92 Å². The molecule has 1 aromatic carbocycles. The minimum atomic E-state index is -0.518. The Balaban J connectivity index is 2.42. The van der Waals surface area contributed by atoms with Gasteiger partial charge in [-0.25, -0.2) is 0 Å². The number of nitriles is 1. The summed E-state index contributed by atoms with van der Waals surface area (Å²) in [5.74, 6) is -0.399. The highest BCUT2D eigenvalue weighted by atomic mass is 32.1. The first-order valence-corrected chi connectivity index (χ1v) is 7.16. The van der Waals surface area contributed by atoms with Crippen LogP contribution in [-0.2, 0) is 0 Å². The number of allylic oxidation sites excluding steroid dienone is 1. The number of nitro groups is 1. The Labute approximate surface area is 130 Å². The van der Waals surface area contributed by atoms with Gasteiger partial charge in [0.25, 0.3) is 5.69 Å². The molecule has 2 aromatic rings. The third-order valence-corrected chi connectivity index (χ3v) is 3.63. The molecule has 7 heteroatoms. The molecule has 0 aliphatic heterocycles. The number of nitrogens with one attached hydrogen (secondary N) is 1. The zero-order chi connectivity index (χ0) is 16.1. The van der Waals surface area contributed by atoms with Crippen molar-refractivity contribution >= 4 is 34.6 Å². The van der Waals surface area contributed by atoms with Crippen LogP contribution < -0.4 is 5.32 Å². The van der Waals surface area contributed by atoms with Crippen LogP contribution in [0.5, 0.6) is 0 Å². The van der Waals surface area contributed by atoms with Gasteiger partial charge < -0.3 is 5.32 Å². The SMILES string of the molecule is CNc1ccc(/C=C(\C#N)C(=O)c2ccsc2)cc1[N+](=O)[O-]. The molecule has 0 unspecified atom stereocenters. The molecule has 0 aliphatic rings. The maximum Gasteiger partial charge on any atom is 0.292 e. The number of carbonyl (C=O) groups is 1. The molecule has 6 nitrogen and oxygen atoms in total. The van der Waals surface area contributed by atoms with Gasteiger partial charge in [0.15, 0.2) is 0 Å². The lowest BCUT2D eigenvalue weighted by Gasteiger charge is -2.03. The van der Waals surface area contributed by atoms with Gasteiger partial charge in [0, 0.05) is 24.1 Å². The molecule has 0 saturated heterocycles. The number of carbonyl (C=O) groups excluding carboxylic acids is 1. The van der Waals surface area contributed by atoms with Gasteiger partial charge in [-0.15, -0.1) is 0 Å². The molecule has 2 rings (SSSR count). The third-order valence-electron chi connectivity index (χ3n) is 2.95. The van der Waals surface area contributed by atoms with Crippen molar-refractivity contribution in [2.24, 2.45) is 0 Å². The van der Waals surface area contributed by atoms with Crippen LogP contribution in [-0.4, -0.2) is 17.8 Å². The standard InChI is InChI=1S/C15H11N3O3S/c1-17-13-3-2-10(7-14(13)18(20)21)6-12(8-16)15(19)11-4-5-22-9-11/h2-7,9,17H,1H3/b12-6+. The maximum absolute atomic E-state index is 12.2. The highest BCUT2D eigenvalue weighted by Gasteiger charge is 2.15. The predicted octanol–water partition coefficient (Wildman–Crippen LogP) is 3.49. The fourth-order valence-corrected chi connectivity index (χ4v) is 2.50. The molecule has 1 heterocycles. The second-order valence-electron chi connectivity index (χ2n) is 4.29. The van der Waals surface area contributed by atoms with E-state index in [4.69, 9.17) is 5.26 Å². The predicted molar refractivity (Wildman–Crippen MR) is 84.9 cm³/mol. The van der Waals surface area contributed by atoms with Crippen LogP contribution in [0.2, 0.25) is 0 Å². The van der Waals surface area contributed by atoms with Gasteiger partial charge in [0.1, 0.15) is 17.3 Å². The van der Waals surface area contributed by atoms with E-state index in [9.17, 15) is 14.9 Å². The van der Waals surface area contributed by atoms with E-state index in [-0.39, 0.29) is 11.3 Å². The van der Waals surface area contributed by atoms with Crippen molar-refractivity contribution < 1.29 is 9.72 Å². The normalized spacial score (nSPS) is 10.8. The van der Waals surface area contributed by atoms with Crippen molar-refractivity contribution in [3.8, 4) is 6.07 Å². The van der Waals surface area contributed by atoms with Gasteiger partial charge >= 0.3 is 0 Å². The molecule has 110 valence electrons. The minimum Gasteiger partial charge on any atom is -0.383 e.